The summed E-state index contributed by atoms with van der Waals surface area (Å²) in [5.74, 6) is -0.923. The summed E-state index contributed by atoms with van der Waals surface area (Å²) >= 11 is 0. The molecule has 3 N–H and O–H groups in total. The Morgan fingerprint density at radius 1 is 0.800 bits per heavy atom. The van der Waals surface area contributed by atoms with E-state index in [-0.39, 0.29) is 11.3 Å². The summed E-state index contributed by atoms with van der Waals surface area (Å²) < 4.78 is 52.1. The first kappa shape index (κ1) is 24.1. The molecule has 1 fully saturated rings. The maximum Gasteiger partial charge on any atom is 0.416 e. The quantitative estimate of drug-likeness (QED) is 0.369. The zero-order valence-corrected chi connectivity index (χ0v) is 18.5. The van der Waals surface area contributed by atoms with Crippen molar-refractivity contribution >= 4 is 34.7 Å². The van der Waals surface area contributed by atoms with Crippen molar-refractivity contribution in [3.05, 3.63) is 83.7 Å². The average Bonchev–Trinajstić information content (AvgIpc) is 3.34. The van der Waals surface area contributed by atoms with Crippen LogP contribution in [0.2, 0.25) is 0 Å². The van der Waals surface area contributed by atoms with E-state index in [0.29, 0.717) is 11.4 Å². The summed E-state index contributed by atoms with van der Waals surface area (Å²) in [6, 6.07) is 13.7. The van der Waals surface area contributed by atoms with Gasteiger partial charge in [-0.1, -0.05) is 6.07 Å². The van der Waals surface area contributed by atoms with Crippen LogP contribution in [0.1, 0.15) is 28.8 Å². The lowest BCUT2D eigenvalue weighted by atomic mass is 10.2. The lowest BCUT2D eigenvalue weighted by Crippen LogP contribution is -2.24. The van der Waals surface area contributed by atoms with Crippen molar-refractivity contribution in [2.45, 2.75) is 19.0 Å². The molecule has 3 aromatic carbocycles. The fraction of sp³-hybridized carbons (Fsp3) is 0.200. The molecule has 0 aliphatic carbocycles. The molecule has 35 heavy (non-hydrogen) atoms. The Balaban J connectivity index is 1.54. The van der Waals surface area contributed by atoms with E-state index < -0.39 is 29.5 Å². The van der Waals surface area contributed by atoms with E-state index in [9.17, 15) is 27.2 Å². The van der Waals surface area contributed by atoms with Crippen LogP contribution in [0.3, 0.4) is 0 Å². The van der Waals surface area contributed by atoms with Crippen molar-refractivity contribution in [1.29, 1.82) is 0 Å². The highest BCUT2D eigenvalue weighted by Crippen LogP contribution is 2.33. The number of benzene rings is 3. The highest BCUT2D eigenvalue weighted by molar-refractivity contribution is 6.06. The molecule has 0 radical (unpaired) electrons. The standard InChI is InChI=1S/C25H22F4N4O2/c26-18-8-6-16(7-9-18)23(34)30-20-10-11-22(33-12-1-2-13-33)21(15-20)32-24(35)31-19-5-3-4-17(14-19)25(27,28)29/h3-11,14-15H,1-2,12-13H2,(H,30,34)(H2,31,32,35). The van der Waals surface area contributed by atoms with Crippen LogP contribution in [0.5, 0.6) is 0 Å². The second-order valence-corrected chi connectivity index (χ2v) is 8.04. The lowest BCUT2D eigenvalue weighted by molar-refractivity contribution is -0.137. The minimum atomic E-state index is -4.53. The monoisotopic (exact) mass is 486 g/mol. The topological polar surface area (TPSA) is 73.5 Å². The van der Waals surface area contributed by atoms with E-state index in [4.69, 9.17) is 0 Å². The van der Waals surface area contributed by atoms with Crippen LogP contribution < -0.4 is 20.9 Å². The normalized spacial score (nSPS) is 13.4. The molecule has 3 aromatic rings. The number of hydrogen-bond acceptors (Lipinski definition) is 3. The lowest BCUT2D eigenvalue weighted by Gasteiger charge is -2.22. The summed E-state index contributed by atoms with van der Waals surface area (Å²) in [7, 11) is 0. The van der Waals surface area contributed by atoms with Crippen LogP contribution in [0.15, 0.2) is 66.7 Å². The Labute approximate surface area is 198 Å². The van der Waals surface area contributed by atoms with Crippen molar-refractivity contribution in [2.24, 2.45) is 0 Å². The molecule has 0 spiro atoms. The molecule has 1 aliphatic heterocycles. The number of carbonyl (C=O) groups excluding carboxylic acids is 2. The fourth-order valence-electron chi connectivity index (χ4n) is 3.81. The van der Waals surface area contributed by atoms with Crippen molar-refractivity contribution in [1.82, 2.24) is 0 Å². The van der Waals surface area contributed by atoms with Crippen molar-refractivity contribution in [2.75, 3.05) is 33.9 Å². The van der Waals surface area contributed by atoms with Gasteiger partial charge in [-0.25, -0.2) is 9.18 Å². The summed E-state index contributed by atoms with van der Waals surface area (Å²) in [4.78, 5) is 27.2. The molecule has 0 atom stereocenters. The molecule has 3 amide bonds. The van der Waals surface area contributed by atoms with E-state index >= 15 is 0 Å². The van der Waals surface area contributed by atoms with Gasteiger partial charge in [-0.05, 0) is 73.5 Å². The van der Waals surface area contributed by atoms with Gasteiger partial charge in [0.15, 0.2) is 0 Å². The van der Waals surface area contributed by atoms with Crippen LogP contribution in [-0.2, 0) is 6.18 Å². The van der Waals surface area contributed by atoms with Crippen molar-refractivity contribution in [3.63, 3.8) is 0 Å². The highest BCUT2D eigenvalue weighted by atomic mass is 19.4. The van der Waals surface area contributed by atoms with Gasteiger partial charge in [-0.15, -0.1) is 0 Å². The number of urea groups is 1. The molecular formula is C25H22F4N4O2. The number of rotatable bonds is 5. The third-order valence-electron chi connectivity index (χ3n) is 5.50. The van der Waals surface area contributed by atoms with Gasteiger partial charge >= 0.3 is 12.2 Å². The van der Waals surface area contributed by atoms with Crippen LogP contribution in [0.25, 0.3) is 0 Å². The summed E-state index contributed by atoms with van der Waals surface area (Å²) in [5.41, 5.74) is 0.859. The highest BCUT2D eigenvalue weighted by Gasteiger charge is 2.30. The second kappa shape index (κ2) is 10.0. The molecule has 1 saturated heterocycles. The first-order valence-electron chi connectivity index (χ1n) is 10.9. The van der Waals surface area contributed by atoms with Crippen LogP contribution in [-0.4, -0.2) is 25.0 Å². The zero-order chi connectivity index (χ0) is 25.0. The molecular weight excluding hydrogens is 464 g/mol. The third kappa shape index (κ3) is 6.08. The van der Waals surface area contributed by atoms with Gasteiger partial charge in [-0.2, -0.15) is 13.2 Å². The maximum absolute atomic E-state index is 13.1. The van der Waals surface area contributed by atoms with Gasteiger partial charge in [0.1, 0.15) is 5.82 Å². The Kier molecular flexibility index (Phi) is 6.90. The minimum absolute atomic E-state index is 0.0131. The number of nitrogens with one attached hydrogen (secondary N) is 3. The molecule has 6 nitrogen and oxygen atoms in total. The maximum atomic E-state index is 13.1. The summed E-state index contributed by atoms with van der Waals surface area (Å²) in [6.45, 7) is 1.57. The number of nitrogens with zero attached hydrogens (tertiary/aromatic N) is 1. The molecule has 1 heterocycles. The summed E-state index contributed by atoms with van der Waals surface area (Å²) in [6.07, 6.45) is -2.56. The molecule has 10 heteroatoms. The van der Waals surface area contributed by atoms with Crippen LogP contribution in [0.4, 0.5) is 45.1 Å². The Morgan fingerprint density at radius 2 is 1.49 bits per heavy atom. The molecule has 0 aromatic heterocycles. The van der Waals surface area contributed by atoms with E-state index in [0.717, 1.165) is 43.8 Å². The third-order valence-corrected chi connectivity index (χ3v) is 5.50. The predicted molar refractivity (Wildman–Crippen MR) is 126 cm³/mol. The Bertz CT molecular complexity index is 1220. The average molecular weight is 486 g/mol. The van der Waals surface area contributed by atoms with Crippen molar-refractivity contribution in [3.8, 4) is 0 Å². The number of carbonyl (C=O) groups is 2. The van der Waals surface area contributed by atoms with Crippen molar-refractivity contribution < 1.29 is 27.2 Å². The van der Waals surface area contributed by atoms with Gasteiger partial charge in [0.25, 0.3) is 5.91 Å². The SMILES string of the molecule is O=C(Nc1cccc(C(F)(F)F)c1)Nc1cc(NC(=O)c2ccc(F)cc2)ccc1N1CCCC1. The number of anilines is 4. The minimum Gasteiger partial charge on any atom is -0.370 e. The fourth-order valence-corrected chi connectivity index (χ4v) is 3.81. The van der Waals surface area contributed by atoms with Gasteiger partial charge in [0.05, 0.1) is 16.9 Å². The van der Waals surface area contributed by atoms with E-state index in [2.05, 4.69) is 20.9 Å². The number of alkyl halides is 3. The second-order valence-electron chi connectivity index (χ2n) is 8.04. The molecule has 0 bridgehead atoms. The largest absolute Gasteiger partial charge is 0.416 e. The smallest absolute Gasteiger partial charge is 0.370 e. The molecule has 4 rings (SSSR count). The number of halogens is 4. The first-order valence-corrected chi connectivity index (χ1v) is 10.9. The molecule has 0 unspecified atom stereocenters. The number of hydrogen-bond donors (Lipinski definition) is 3. The van der Waals surface area contributed by atoms with Crippen LogP contribution >= 0.6 is 0 Å². The Hall–Kier alpha value is -4.08. The van der Waals surface area contributed by atoms with Crippen LogP contribution in [0, 0.1) is 5.82 Å². The zero-order valence-electron chi connectivity index (χ0n) is 18.5. The van der Waals surface area contributed by atoms with E-state index in [1.165, 1.54) is 36.4 Å². The Morgan fingerprint density at radius 3 is 2.17 bits per heavy atom. The van der Waals surface area contributed by atoms with Gasteiger partial charge in [-0.3, -0.25) is 4.79 Å². The molecule has 0 saturated carbocycles. The predicted octanol–water partition coefficient (Wildman–Crippen LogP) is 6.34. The van der Waals surface area contributed by atoms with Gasteiger partial charge in [0, 0.05) is 30.0 Å². The van der Waals surface area contributed by atoms with Gasteiger partial charge < -0.3 is 20.9 Å². The molecule has 1 aliphatic rings. The first-order chi connectivity index (χ1) is 16.7. The summed E-state index contributed by atoms with van der Waals surface area (Å²) in [5, 5.41) is 7.81. The van der Waals surface area contributed by atoms with E-state index in [1.54, 1.807) is 18.2 Å². The van der Waals surface area contributed by atoms with E-state index in [1.807, 2.05) is 0 Å². The number of amides is 3. The van der Waals surface area contributed by atoms with Gasteiger partial charge in [0.2, 0.25) is 0 Å². The molecule has 182 valence electrons.